The number of aromatic nitrogens is 2. The van der Waals surface area contributed by atoms with Crippen LogP contribution in [0.15, 0.2) is 12.5 Å². The summed E-state index contributed by atoms with van der Waals surface area (Å²) in [6, 6.07) is 0. The second-order valence-corrected chi connectivity index (χ2v) is 1.88. The number of rotatable bonds is 1. The highest BCUT2D eigenvalue weighted by molar-refractivity contribution is 6.06. The molecule has 0 aliphatic heterocycles. The molecule has 0 bridgehead atoms. The average molecular weight is 108 g/mol. The molecule has 3 heteroatoms. The quantitative estimate of drug-likeness (QED) is 0.457. The van der Waals surface area contributed by atoms with E-state index in [1.807, 2.05) is 25.0 Å². The van der Waals surface area contributed by atoms with E-state index in [4.69, 9.17) is 0 Å². The van der Waals surface area contributed by atoms with Crippen molar-refractivity contribution < 1.29 is 0 Å². The van der Waals surface area contributed by atoms with Gasteiger partial charge in [0.25, 0.3) is 0 Å². The van der Waals surface area contributed by atoms with Gasteiger partial charge in [-0.05, 0) is 6.42 Å². The molecule has 1 aromatic heterocycles. The Hall–Kier alpha value is -0.725. The standard InChI is InChI=1S/C5H9BN2/c1-2-5-3-8(6)4-7-5/h3-4H,2,6H2,1H3. The molecule has 0 spiro atoms. The molecule has 0 N–H and O–H groups in total. The monoisotopic (exact) mass is 108 g/mol. The molecule has 0 saturated heterocycles. The Balaban J connectivity index is 2.84. The summed E-state index contributed by atoms with van der Waals surface area (Å²) in [5, 5.41) is 0. The van der Waals surface area contributed by atoms with Gasteiger partial charge >= 0.3 is 0 Å². The van der Waals surface area contributed by atoms with Crippen molar-refractivity contribution in [2.24, 2.45) is 0 Å². The third-order valence-corrected chi connectivity index (χ3v) is 1.12. The van der Waals surface area contributed by atoms with Crippen molar-refractivity contribution in [3.05, 3.63) is 18.2 Å². The maximum Gasteiger partial charge on any atom is 0.224 e. The van der Waals surface area contributed by atoms with Gasteiger partial charge in [-0.1, -0.05) is 6.92 Å². The van der Waals surface area contributed by atoms with E-state index in [-0.39, 0.29) is 0 Å². The van der Waals surface area contributed by atoms with E-state index < -0.39 is 0 Å². The first kappa shape index (κ1) is 5.41. The zero-order valence-electron chi connectivity index (χ0n) is 5.26. The summed E-state index contributed by atoms with van der Waals surface area (Å²) in [7, 11) is 1.98. The summed E-state index contributed by atoms with van der Waals surface area (Å²) >= 11 is 0. The first-order valence-electron chi connectivity index (χ1n) is 2.79. The number of hydrogen-bond acceptors (Lipinski definition) is 1. The molecule has 0 amide bonds. The lowest BCUT2D eigenvalue weighted by atomic mass is 10.3. The third kappa shape index (κ3) is 0.913. The SMILES string of the molecule is Bn1cnc(CC)c1. The fraction of sp³-hybridized carbons (Fsp3) is 0.400. The van der Waals surface area contributed by atoms with Gasteiger partial charge in [-0.25, -0.2) is 4.98 Å². The molecule has 0 unspecified atom stereocenters. The van der Waals surface area contributed by atoms with Crippen LogP contribution < -0.4 is 0 Å². The van der Waals surface area contributed by atoms with Gasteiger partial charge in [-0.3, -0.25) is 0 Å². The molecular weight excluding hydrogens is 98.9 g/mol. The lowest BCUT2D eigenvalue weighted by molar-refractivity contribution is 1.06. The van der Waals surface area contributed by atoms with Crippen molar-refractivity contribution in [1.29, 1.82) is 0 Å². The second-order valence-electron chi connectivity index (χ2n) is 1.88. The largest absolute Gasteiger partial charge is 0.389 e. The van der Waals surface area contributed by atoms with Crippen LogP contribution in [0.4, 0.5) is 0 Å². The summed E-state index contributed by atoms with van der Waals surface area (Å²) in [6.45, 7) is 2.10. The van der Waals surface area contributed by atoms with Crippen molar-refractivity contribution >= 4 is 7.98 Å². The van der Waals surface area contributed by atoms with Crippen molar-refractivity contribution in [2.75, 3.05) is 0 Å². The van der Waals surface area contributed by atoms with Gasteiger partial charge < -0.3 is 4.48 Å². The molecule has 0 saturated carbocycles. The molecular formula is C5H9BN2. The number of nitrogens with zero attached hydrogens (tertiary/aromatic N) is 2. The van der Waals surface area contributed by atoms with E-state index >= 15 is 0 Å². The minimum absolute atomic E-state index is 1.03. The summed E-state index contributed by atoms with van der Waals surface area (Å²) in [6.07, 6.45) is 4.87. The van der Waals surface area contributed by atoms with Gasteiger partial charge in [-0.15, -0.1) is 0 Å². The number of hydrogen-bond donors (Lipinski definition) is 0. The fourth-order valence-corrected chi connectivity index (χ4v) is 0.650. The minimum Gasteiger partial charge on any atom is -0.389 e. The van der Waals surface area contributed by atoms with Crippen molar-refractivity contribution in [1.82, 2.24) is 9.46 Å². The van der Waals surface area contributed by atoms with Crippen molar-refractivity contribution in [3.63, 3.8) is 0 Å². The smallest absolute Gasteiger partial charge is 0.224 e. The highest BCUT2D eigenvalue weighted by Gasteiger charge is 1.87. The van der Waals surface area contributed by atoms with E-state index in [0.717, 1.165) is 12.1 Å². The molecule has 0 fully saturated rings. The first-order chi connectivity index (χ1) is 3.83. The zero-order valence-corrected chi connectivity index (χ0v) is 5.26. The Morgan fingerprint density at radius 1 is 1.88 bits per heavy atom. The maximum absolute atomic E-state index is 4.10. The first-order valence-corrected chi connectivity index (χ1v) is 2.79. The Kier molecular flexibility index (Phi) is 1.37. The van der Waals surface area contributed by atoms with Crippen LogP contribution in [0.2, 0.25) is 0 Å². The molecule has 8 heavy (non-hydrogen) atoms. The molecule has 1 heterocycles. The topological polar surface area (TPSA) is 17.8 Å². The van der Waals surface area contributed by atoms with Gasteiger partial charge in [0, 0.05) is 6.20 Å². The van der Waals surface area contributed by atoms with E-state index in [9.17, 15) is 0 Å². The summed E-state index contributed by atoms with van der Waals surface area (Å²) < 4.78 is 1.96. The predicted molar refractivity (Wildman–Crippen MR) is 35.5 cm³/mol. The Morgan fingerprint density at radius 2 is 2.62 bits per heavy atom. The molecule has 0 aliphatic rings. The minimum atomic E-state index is 1.03. The summed E-state index contributed by atoms with van der Waals surface area (Å²) in [5.41, 5.74) is 1.16. The van der Waals surface area contributed by atoms with Crippen LogP contribution in [0, 0.1) is 0 Å². The van der Waals surface area contributed by atoms with Crippen LogP contribution in [0.1, 0.15) is 12.6 Å². The predicted octanol–water partition coefficient (Wildman–Crippen LogP) is -0.158. The van der Waals surface area contributed by atoms with Crippen LogP contribution in [0.25, 0.3) is 0 Å². The van der Waals surface area contributed by atoms with Crippen molar-refractivity contribution in [3.8, 4) is 0 Å². The molecule has 0 aliphatic carbocycles. The highest BCUT2D eigenvalue weighted by Crippen LogP contribution is 1.91. The average Bonchev–Trinajstić information content (AvgIpc) is 2.14. The van der Waals surface area contributed by atoms with Crippen LogP contribution in [-0.4, -0.2) is 17.4 Å². The van der Waals surface area contributed by atoms with E-state index in [0.29, 0.717) is 0 Å². The lowest BCUT2D eigenvalue weighted by Gasteiger charge is -1.81. The Labute approximate surface area is 50.0 Å². The molecule has 2 nitrogen and oxygen atoms in total. The van der Waals surface area contributed by atoms with Crippen LogP contribution in [0.3, 0.4) is 0 Å². The van der Waals surface area contributed by atoms with E-state index in [2.05, 4.69) is 11.9 Å². The Bertz CT molecular complexity index is 171. The summed E-state index contributed by atoms with van der Waals surface area (Å²) in [4.78, 5) is 4.10. The molecule has 42 valence electrons. The normalized spacial score (nSPS) is 9.62. The van der Waals surface area contributed by atoms with Crippen LogP contribution in [-0.2, 0) is 6.42 Å². The highest BCUT2D eigenvalue weighted by atomic mass is 14.9. The lowest BCUT2D eigenvalue weighted by Crippen LogP contribution is -1.82. The van der Waals surface area contributed by atoms with Crippen LogP contribution >= 0.6 is 0 Å². The summed E-state index contributed by atoms with van der Waals surface area (Å²) in [5.74, 6) is 0. The van der Waals surface area contributed by atoms with E-state index in [1.165, 1.54) is 0 Å². The molecule has 0 atom stereocenters. The molecule has 1 rings (SSSR count). The molecule has 1 aromatic rings. The van der Waals surface area contributed by atoms with Crippen LogP contribution in [0.5, 0.6) is 0 Å². The molecule has 0 radical (unpaired) electrons. The van der Waals surface area contributed by atoms with Gasteiger partial charge in [-0.2, -0.15) is 0 Å². The fourth-order valence-electron chi connectivity index (χ4n) is 0.650. The van der Waals surface area contributed by atoms with Gasteiger partial charge in [0.2, 0.25) is 7.98 Å². The second kappa shape index (κ2) is 2.03. The number of imidazole rings is 1. The van der Waals surface area contributed by atoms with E-state index in [1.54, 1.807) is 0 Å². The number of aryl methyl sites for hydroxylation is 1. The third-order valence-electron chi connectivity index (χ3n) is 1.12. The maximum atomic E-state index is 4.10. The zero-order chi connectivity index (χ0) is 5.98. The molecule has 0 aromatic carbocycles. The van der Waals surface area contributed by atoms with Gasteiger partial charge in [0.1, 0.15) is 0 Å². The van der Waals surface area contributed by atoms with Gasteiger partial charge in [0.05, 0.1) is 12.0 Å². The van der Waals surface area contributed by atoms with Crippen molar-refractivity contribution in [2.45, 2.75) is 13.3 Å². The van der Waals surface area contributed by atoms with Gasteiger partial charge in [0.15, 0.2) is 0 Å². The Morgan fingerprint density at radius 3 is 2.88 bits per heavy atom.